The van der Waals surface area contributed by atoms with Crippen molar-refractivity contribution in [1.82, 2.24) is 4.57 Å². The fraction of sp³-hybridized carbons (Fsp3) is 0. The molecule has 0 aliphatic heterocycles. The Balaban J connectivity index is 0.862. The summed E-state index contributed by atoms with van der Waals surface area (Å²) in [5, 5.41) is 12.1. The van der Waals surface area contributed by atoms with Gasteiger partial charge in [0.2, 0.25) is 0 Å². The van der Waals surface area contributed by atoms with Crippen LogP contribution in [0.4, 0.5) is 17.1 Å². The zero-order valence-electron chi connectivity index (χ0n) is 37.6. The van der Waals surface area contributed by atoms with Gasteiger partial charge in [0.15, 0.2) is 0 Å². The average molecular weight is 879 g/mol. The molecule has 0 atom stereocenters. The number of furan rings is 1. The third-order valence-corrected chi connectivity index (χ3v) is 14.1. The van der Waals surface area contributed by atoms with E-state index in [0.29, 0.717) is 0 Å². The molecule has 0 aliphatic rings. The van der Waals surface area contributed by atoms with Crippen LogP contribution in [-0.2, 0) is 0 Å². The predicted molar refractivity (Wildman–Crippen MR) is 292 cm³/mol. The lowest BCUT2D eigenvalue weighted by Crippen LogP contribution is -2.10. The second kappa shape index (κ2) is 15.7. The first kappa shape index (κ1) is 39.0. The van der Waals surface area contributed by atoms with Crippen LogP contribution in [-0.4, -0.2) is 4.57 Å². The fourth-order valence-corrected chi connectivity index (χ4v) is 10.8. The van der Waals surface area contributed by atoms with E-state index in [4.69, 9.17) is 4.42 Å². The number of aromatic nitrogens is 1. The molecule has 0 fully saturated rings. The molecule has 14 aromatic rings. The quantitative estimate of drug-likeness (QED) is 0.149. The van der Waals surface area contributed by atoms with Crippen molar-refractivity contribution >= 4 is 93.1 Å². The zero-order valence-corrected chi connectivity index (χ0v) is 37.6. The van der Waals surface area contributed by atoms with Crippen LogP contribution in [0.3, 0.4) is 0 Å². The van der Waals surface area contributed by atoms with Gasteiger partial charge in [-0.3, -0.25) is 0 Å². The van der Waals surface area contributed by atoms with Crippen LogP contribution >= 0.6 is 0 Å². The molecule has 2 heterocycles. The van der Waals surface area contributed by atoms with Crippen molar-refractivity contribution in [3.63, 3.8) is 0 Å². The topological polar surface area (TPSA) is 21.3 Å². The molecule has 69 heavy (non-hydrogen) atoms. The molecule has 0 saturated carbocycles. The zero-order chi connectivity index (χ0) is 45.4. The van der Waals surface area contributed by atoms with Gasteiger partial charge in [-0.2, -0.15) is 0 Å². The number of nitrogens with zero attached hydrogens (tertiary/aromatic N) is 2. The van der Waals surface area contributed by atoms with Gasteiger partial charge < -0.3 is 13.9 Å². The number of fused-ring (bicyclic) bond motifs is 11. The lowest BCUT2D eigenvalue weighted by molar-refractivity contribution is 0.672. The van der Waals surface area contributed by atoms with Crippen molar-refractivity contribution in [2.75, 3.05) is 4.90 Å². The van der Waals surface area contributed by atoms with Gasteiger partial charge in [-0.15, -0.1) is 0 Å². The Hall–Kier alpha value is -9.18. The van der Waals surface area contributed by atoms with Gasteiger partial charge in [-0.25, -0.2) is 0 Å². The largest absolute Gasteiger partial charge is 0.455 e. The number of hydrogen-bond acceptors (Lipinski definition) is 2. The molecule has 3 heteroatoms. The van der Waals surface area contributed by atoms with Crippen molar-refractivity contribution in [2.45, 2.75) is 0 Å². The number of benzene rings is 12. The summed E-state index contributed by atoms with van der Waals surface area (Å²) < 4.78 is 8.89. The maximum Gasteiger partial charge on any atom is 0.143 e. The van der Waals surface area contributed by atoms with Crippen LogP contribution in [0.1, 0.15) is 0 Å². The Morgan fingerprint density at radius 2 is 0.768 bits per heavy atom. The van der Waals surface area contributed by atoms with Gasteiger partial charge in [-0.1, -0.05) is 170 Å². The molecule has 3 nitrogen and oxygen atoms in total. The Morgan fingerprint density at radius 3 is 1.48 bits per heavy atom. The number of para-hydroxylation sites is 2. The Kier molecular flexibility index (Phi) is 8.90. The minimum absolute atomic E-state index is 0.892. The maximum atomic E-state index is 6.51. The Bertz CT molecular complexity index is 4260. The van der Waals surface area contributed by atoms with Crippen LogP contribution in [0.15, 0.2) is 259 Å². The van der Waals surface area contributed by atoms with Crippen molar-refractivity contribution in [1.29, 1.82) is 0 Å². The third kappa shape index (κ3) is 6.51. The highest BCUT2D eigenvalue weighted by molar-refractivity contribution is 6.16. The molecule has 0 saturated heterocycles. The first-order chi connectivity index (χ1) is 34.2. The van der Waals surface area contributed by atoms with Crippen LogP contribution in [0, 0.1) is 0 Å². The van der Waals surface area contributed by atoms with E-state index < -0.39 is 0 Å². The maximum absolute atomic E-state index is 6.51. The van der Waals surface area contributed by atoms with E-state index in [1.807, 2.05) is 0 Å². The van der Waals surface area contributed by atoms with Gasteiger partial charge in [-0.05, 0) is 145 Å². The second-order valence-corrected chi connectivity index (χ2v) is 18.1. The summed E-state index contributed by atoms with van der Waals surface area (Å²) in [5.41, 5.74) is 15.6. The third-order valence-electron chi connectivity index (χ3n) is 14.1. The normalized spacial score (nSPS) is 11.8. The number of rotatable bonds is 7. The van der Waals surface area contributed by atoms with E-state index in [1.54, 1.807) is 0 Å². The molecule has 0 bridgehead atoms. The smallest absolute Gasteiger partial charge is 0.143 e. The van der Waals surface area contributed by atoms with Gasteiger partial charge >= 0.3 is 0 Å². The molecular weight excluding hydrogens is 837 g/mol. The van der Waals surface area contributed by atoms with Gasteiger partial charge in [0.25, 0.3) is 0 Å². The van der Waals surface area contributed by atoms with Crippen molar-refractivity contribution in [3.05, 3.63) is 255 Å². The van der Waals surface area contributed by atoms with E-state index >= 15 is 0 Å². The summed E-state index contributed by atoms with van der Waals surface area (Å²) in [5.74, 6) is 0. The highest BCUT2D eigenvalue weighted by Gasteiger charge is 2.18. The monoisotopic (exact) mass is 878 g/mol. The summed E-state index contributed by atoms with van der Waals surface area (Å²) in [6.45, 7) is 0. The van der Waals surface area contributed by atoms with Gasteiger partial charge in [0, 0.05) is 49.7 Å². The molecule has 0 amide bonds. The summed E-state index contributed by atoms with van der Waals surface area (Å²) in [4.78, 5) is 2.37. The molecule has 12 aromatic carbocycles. The summed E-state index contributed by atoms with van der Waals surface area (Å²) in [6, 6.07) is 92.6. The molecule has 0 radical (unpaired) electrons. The number of anilines is 3. The fourth-order valence-electron chi connectivity index (χ4n) is 10.8. The van der Waals surface area contributed by atoms with Crippen LogP contribution in [0.2, 0.25) is 0 Å². The molecule has 0 N–H and O–H groups in total. The summed E-state index contributed by atoms with van der Waals surface area (Å²) >= 11 is 0. The Morgan fingerprint density at radius 1 is 0.275 bits per heavy atom. The minimum Gasteiger partial charge on any atom is -0.455 e. The van der Waals surface area contributed by atoms with E-state index in [9.17, 15) is 0 Å². The van der Waals surface area contributed by atoms with Crippen molar-refractivity contribution < 1.29 is 4.42 Å². The van der Waals surface area contributed by atoms with E-state index in [2.05, 4.69) is 264 Å². The lowest BCUT2D eigenvalue weighted by atomic mass is 9.97. The molecule has 2 aromatic heterocycles. The van der Waals surface area contributed by atoms with Gasteiger partial charge in [0.1, 0.15) is 11.2 Å². The predicted octanol–water partition coefficient (Wildman–Crippen LogP) is 18.6. The summed E-state index contributed by atoms with van der Waals surface area (Å²) in [6.07, 6.45) is 0. The number of hydrogen-bond donors (Lipinski definition) is 0. The molecule has 14 rings (SSSR count). The van der Waals surface area contributed by atoms with Gasteiger partial charge in [0.05, 0.1) is 11.0 Å². The Labute approximate surface area is 399 Å². The molecular formula is C66H42N2O. The molecule has 0 spiro atoms. The van der Waals surface area contributed by atoms with Crippen molar-refractivity contribution in [3.8, 4) is 39.1 Å². The second-order valence-electron chi connectivity index (χ2n) is 18.1. The van der Waals surface area contributed by atoms with Crippen molar-refractivity contribution in [2.24, 2.45) is 0 Å². The first-order valence-electron chi connectivity index (χ1n) is 23.6. The van der Waals surface area contributed by atoms with Crippen LogP contribution in [0.5, 0.6) is 0 Å². The average Bonchev–Trinajstić information content (AvgIpc) is 3.97. The first-order valence-corrected chi connectivity index (χ1v) is 23.6. The highest BCUT2D eigenvalue weighted by Crippen LogP contribution is 2.42. The lowest BCUT2D eigenvalue weighted by Gasteiger charge is -2.26. The minimum atomic E-state index is 0.892. The van der Waals surface area contributed by atoms with E-state index in [-0.39, 0.29) is 0 Å². The molecule has 0 aliphatic carbocycles. The standard InChI is InChI=1S/C66H42N2O/c1-3-17-56-45(11-1)23-24-47-25-26-50(41-61(47)56)44-29-35-53(36-30-44)67(54-15-10-14-49(40-54)51-32-38-65-62(42-51)60-37-31-46-12-2-4-18-57(46)66(60)69-65)52-33-27-43(28-34-52)48-13-9-16-55(39-48)68-63-21-7-5-19-58(63)59-20-6-8-22-64(59)68/h1-42H. The molecule has 322 valence electrons. The van der Waals surface area contributed by atoms with E-state index in [1.165, 1.54) is 59.9 Å². The highest BCUT2D eigenvalue weighted by atomic mass is 16.3. The summed E-state index contributed by atoms with van der Waals surface area (Å²) in [7, 11) is 0. The van der Waals surface area contributed by atoms with Crippen LogP contribution in [0.25, 0.3) is 115 Å². The molecule has 0 unspecified atom stereocenters. The van der Waals surface area contributed by atoms with E-state index in [0.717, 1.165) is 72.3 Å². The van der Waals surface area contributed by atoms with Crippen LogP contribution < -0.4 is 4.90 Å². The SMILES string of the molecule is c1cc(-c2ccc3oc4c5ccccc5ccc4c3c2)cc(N(c2ccc(-c3cccc(-n4c5ccccc5c5ccccc54)c3)cc2)c2ccc(-c3ccc4ccc5ccccc5c4c3)cc2)c1.